The maximum atomic E-state index is 12.4. The maximum Gasteiger partial charge on any atom is 0.258 e. The summed E-state index contributed by atoms with van der Waals surface area (Å²) in [4.78, 5) is 24.4. The number of aromatic nitrogens is 2. The van der Waals surface area contributed by atoms with Crippen LogP contribution in [0.3, 0.4) is 0 Å². The summed E-state index contributed by atoms with van der Waals surface area (Å²) in [7, 11) is 0. The number of hydrogen-bond donors (Lipinski definition) is 0. The van der Waals surface area contributed by atoms with Crippen LogP contribution in [-0.2, 0) is 6.54 Å². The zero-order valence-electron chi connectivity index (χ0n) is 15.6. The Bertz CT molecular complexity index is 855. The van der Waals surface area contributed by atoms with Gasteiger partial charge in [-0.2, -0.15) is 0 Å². The van der Waals surface area contributed by atoms with E-state index in [2.05, 4.69) is 9.80 Å². The van der Waals surface area contributed by atoms with Crippen molar-refractivity contribution in [3.05, 3.63) is 33.2 Å². The molecule has 2 bridgehead atoms. The number of fused-ring (bicyclic) bond motifs is 5. The monoisotopic (exact) mass is 372 g/mol. The highest BCUT2D eigenvalue weighted by atomic mass is 32.1. The lowest BCUT2D eigenvalue weighted by molar-refractivity contribution is 0.0890. The number of aryl methyl sites for hydroxylation is 1. The van der Waals surface area contributed by atoms with Gasteiger partial charge in [-0.15, -0.1) is 11.3 Å². The van der Waals surface area contributed by atoms with Crippen molar-refractivity contribution in [1.29, 1.82) is 0 Å². The molecular formula is C20H28N4OS. The van der Waals surface area contributed by atoms with Gasteiger partial charge in [0.1, 0.15) is 0 Å². The molecule has 2 aromatic rings. The van der Waals surface area contributed by atoms with E-state index in [1.807, 2.05) is 13.1 Å². The molecule has 1 aliphatic carbocycles. The highest BCUT2D eigenvalue weighted by Crippen LogP contribution is 2.33. The van der Waals surface area contributed by atoms with Crippen LogP contribution in [0.2, 0.25) is 0 Å². The van der Waals surface area contributed by atoms with E-state index in [-0.39, 0.29) is 5.56 Å². The summed E-state index contributed by atoms with van der Waals surface area (Å²) in [5.74, 6) is 1.73. The molecule has 3 saturated heterocycles. The van der Waals surface area contributed by atoms with Gasteiger partial charge >= 0.3 is 0 Å². The zero-order valence-corrected chi connectivity index (χ0v) is 16.4. The Morgan fingerprint density at radius 1 is 1.19 bits per heavy atom. The Labute approximate surface area is 158 Å². The summed E-state index contributed by atoms with van der Waals surface area (Å²) >= 11 is 1.60. The van der Waals surface area contributed by atoms with Gasteiger partial charge in [-0.1, -0.05) is 6.42 Å². The van der Waals surface area contributed by atoms with Gasteiger partial charge < -0.3 is 0 Å². The standard InChI is InChI=1S/C20H28N4OS/c1-14-8-24-19(25)7-17(21-20(24)26-14)12-22-9-16-5-6-18(13-22)23(11-16)10-15-3-2-4-15/h7-8,15-16,18H,2-6,9-13H2,1H3/t16-,18+/m0/s1. The second-order valence-corrected chi connectivity index (χ2v) is 9.84. The van der Waals surface area contributed by atoms with Gasteiger partial charge in [-0.05, 0) is 44.4 Å². The van der Waals surface area contributed by atoms with E-state index in [4.69, 9.17) is 4.98 Å². The third-order valence-corrected chi connectivity index (χ3v) is 7.44. The fourth-order valence-corrected chi connectivity index (χ4v) is 5.85. The molecule has 0 amide bonds. The second kappa shape index (κ2) is 6.73. The van der Waals surface area contributed by atoms with Gasteiger partial charge in [0.25, 0.3) is 5.56 Å². The first-order chi connectivity index (χ1) is 12.6. The molecule has 0 N–H and O–H groups in total. The third kappa shape index (κ3) is 3.23. The molecule has 6 heteroatoms. The number of hydrogen-bond acceptors (Lipinski definition) is 5. The van der Waals surface area contributed by atoms with Gasteiger partial charge in [0, 0.05) is 55.9 Å². The van der Waals surface area contributed by atoms with Crippen molar-refractivity contribution in [1.82, 2.24) is 19.2 Å². The van der Waals surface area contributed by atoms with Crippen LogP contribution in [0, 0.1) is 18.8 Å². The quantitative estimate of drug-likeness (QED) is 0.828. The average Bonchev–Trinajstić information content (AvgIpc) is 2.73. The third-order valence-electron chi connectivity index (χ3n) is 6.54. The molecule has 4 fully saturated rings. The number of thiazole rings is 1. The Morgan fingerprint density at radius 2 is 2.08 bits per heavy atom. The first-order valence-electron chi connectivity index (χ1n) is 10.1. The summed E-state index contributed by atoms with van der Waals surface area (Å²) in [6.07, 6.45) is 8.90. The van der Waals surface area contributed by atoms with Crippen LogP contribution in [0.1, 0.15) is 42.7 Å². The summed E-state index contributed by atoms with van der Waals surface area (Å²) in [5, 5.41) is 0. The molecule has 3 aliphatic heterocycles. The van der Waals surface area contributed by atoms with Gasteiger partial charge in [-0.25, -0.2) is 4.98 Å². The largest absolute Gasteiger partial charge is 0.299 e. The minimum atomic E-state index is 0.0544. The molecule has 140 valence electrons. The van der Waals surface area contributed by atoms with E-state index < -0.39 is 0 Å². The lowest BCUT2D eigenvalue weighted by atomic mass is 9.83. The van der Waals surface area contributed by atoms with Crippen molar-refractivity contribution in [2.75, 3.05) is 26.2 Å². The minimum absolute atomic E-state index is 0.0544. The second-order valence-electron chi connectivity index (χ2n) is 8.62. The van der Waals surface area contributed by atoms with E-state index in [9.17, 15) is 4.79 Å². The van der Waals surface area contributed by atoms with Gasteiger partial charge in [0.05, 0.1) is 5.69 Å². The Hall–Kier alpha value is -1.24. The smallest absolute Gasteiger partial charge is 0.258 e. The van der Waals surface area contributed by atoms with Gasteiger partial charge in [-0.3, -0.25) is 19.0 Å². The van der Waals surface area contributed by atoms with Crippen molar-refractivity contribution in [3.8, 4) is 0 Å². The van der Waals surface area contributed by atoms with E-state index in [0.29, 0.717) is 6.04 Å². The molecule has 1 saturated carbocycles. The molecule has 4 aliphatic rings. The fourth-order valence-electron chi connectivity index (χ4n) is 5.00. The van der Waals surface area contributed by atoms with Crippen LogP contribution in [0.15, 0.2) is 17.1 Å². The number of piperidine rings is 1. The van der Waals surface area contributed by atoms with Crippen LogP contribution in [0.5, 0.6) is 0 Å². The van der Waals surface area contributed by atoms with Crippen LogP contribution in [0.25, 0.3) is 4.96 Å². The maximum absolute atomic E-state index is 12.4. The van der Waals surface area contributed by atoms with Crippen LogP contribution < -0.4 is 5.56 Å². The summed E-state index contributed by atoms with van der Waals surface area (Å²) in [6.45, 7) is 7.72. The highest BCUT2D eigenvalue weighted by molar-refractivity contribution is 7.16. The number of nitrogens with zero attached hydrogens (tertiary/aromatic N) is 4. The minimum Gasteiger partial charge on any atom is -0.299 e. The lowest BCUT2D eigenvalue weighted by Gasteiger charge is -2.40. The Kier molecular flexibility index (Phi) is 4.38. The van der Waals surface area contributed by atoms with Crippen LogP contribution in [0.4, 0.5) is 0 Å². The lowest BCUT2D eigenvalue weighted by Crippen LogP contribution is -2.46. The predicted octanol–water partition coefficient (Wildman–Crippen LogP) is 2.76. The van der Waals surface area contributed by atoms with E-state index in [1.165, 1.54) is 45.2 Å². The Morgan fingerprint density at radius 3 is 2.88 bits per heavy atom. The van der Waals surface area contributed by atoms with E-state index in [0.717, 1.165) is 47.0 Å². The van der Waals surface area contributed by atoms with Crippen molar-refractivity contribution >= 4 is 16.3 Å². The molecule has 0 aromatic carbocycles. The molecule has 0 spiro atoms. The van der Waals surface area contributed by atoms with Crippen molar-refractivity contribution in [2.45, 2.75) is 51.6 Å². The molecule has 6 rings (SSSR count). The Balaban J connectivity index is 1.32. The molecule has 5 nitrogen and oxygen atoms in total. The molecule has 0 radical (unpaired) electrons. The van der Waals surface area contributed by atoms with Crippen molar-refractivity contribution in [3.63, 3.8) is 0 Å². The fraction of sp³-hybridized carbons (Fsp3) is 0.700. The molecule has 2 atom stereocenters. The first kappa shape index (κ1) is 16.9. The van der Waals surface area contributed by atoms with Crippen molar-refractivity contribution in [2.24, 2.45) is 11.8 Å². The molecular weight excluding hydrogens is 344 g/mol. The summed E-state index contributed by atoms with van der Waals surface area (Å²) in [5.41, 5.74) is 0.988. The average molecular weight is 373 g/mol. The summed E-state index contributed by atoms with van der Waals surface area (Å²) in [6, 6.07) is 2.43. The predicted molar refractivity (Wildman–Crippen MR) is 105 cm³/mol. The molecule has 0 unspecified atom stereocenters. The van der Waals surface area contributed by atoms with E-state index in [1.54, 1.807) is 21.8 Å². The van der Waals surface area contributed by atoms with E-state index >= 15 is 0 Å². The topological polar surface area (TPSA) is 40.9 Å². The zero-order chi connectivity index (χ0) is 17.7. The molecule has 2 aromatic heterocycles. The highest BCUT2D eigenvalue weighted by Gasteiger charge is 2.36. The SMILES string of the molecule is Cc1cn2c(=O)cc(CN3C[C@@H]4CC[C@H](C3)N(CC3CCC3)C4)nc2s1. The number of rotatable bonds is 4. The van der Waals surface area contributed by atoms with Gasteiger partial charge in [0.2, 0.25) is 0 Å². The molecule has 26 heavy (non-hydrogen) atoms. The normalized spacial score (nSPS) is 27.7. The first-order valence-corrected chi connectivity index (χ1v) is 10.9. The van der Waals surface area contributed by atoms with Crippen LogP contribution >= 0.6 is 11.3 Å². The van der Waals surface area contributed by atoms with Crippen molar-refractivity contribution < 1.29 is 0 Å². The summed E-state index contributed by atoms with van der Waals surface area (Å²) < 4.78 is 1.68. The molecule has 5 heterocycles. The van der Waals surface area contributed by atoms with Gasteiger partial charge in [0.15, 0.2) is 4.96 Å². The van der Waals surface area contributed by atoms with Crippen LogP contribution in [-0.4, -0.2) is 51.4 Å².